The van der Waals surface area contributed by atoms with E-state index < -0.39 is 0 Å². The average molecular weight is 179 g/mol. The standard InChI is InChI=1S/C9H13N3O/c1-13-9-8(10-4-5-11-9)12-6-2-3-7-12/h4-5H,2-3,6-7H2,1H3. The summed E-state index contributed by atoms with van der Waals surface area (Å²) in [4.78, 5) is 10.6. The van der Waals surface area contributed by atoms with Crippen LogP contribution in [0.25, 0.3) is 0 Å². The van der Waals surface area contributed by atoms with Gasteiger partial charge in [0.1, 0.15) is 0 Å². The van der Waals surface area contributed by atoms with E-state index >= 15 is 0 Å². The summed E-state index contributed by atoms with van der Waals surface area (Å²) in [6.07, 6.45) is 5.83. The van der Waals surface area contributed by atoms with E-state index in [9.17, 15) is 0 Å². The molecule has 0 unspecified atom stereocenters. The Morgan fingerprint density at radius 2 is 1.92 bits per heavy atom. The molecule has 4 heteroatoms. The summed E-state index contributed by atoms with van der Waals surface area (Å²) >= 11 is 0. The number of aromatic nitrogens is 2. The molecule has 1 aliphatic rings. The summed E-state index contributed by atoms with van der Waals surface area (Å²) in [6.45, 7) is 2.13. The number of anilines is 1. The Labute approximate surface area is 77.6 Å². The summed E-state index contributed by atoms with van der Waals surface area (Å²) in [5.74, 6) is 1.51. The van der Waals surface area contributed by atoms with Gasteiger partial charge in [0.2, 0.25) is 0 Å². The quantitative estimate of drug-likeness (QED) is 0.681. The van der Waals surface area contributed by atoms with Crippen molar-refractivity contribution in [3.63, 3.8) is 0 Å². The molecule has 0 aliphatic carbocycles. The molecule has 4 nitrogen and oxygen atoms in total. The van der Waals surface area contributed by atoms with Gasteiger partial charge >= 0.3 is 0 Å². The minimum Gasteiger partial charge on any atom is -0.478 e. The molecule has 70 valence electrons. The van der Waals surface area contributed by atoms with Crippen molar-refractivity contribution in [2.45, 2.75) is 12.8 Å². The van der Waals surface area contributed by atoms with Crippen molar-refractivity contribution < 1.29 is 4.74 Å². The van der Waals surface area contributed by atoms with E-state index in [0.717, 1.165) is 18.9 Å². The van der Waals surface area contributed by atoms with E-state index in [4.69, 9.17) is 4.74 Å². The van der Waals surface area contributed by atoms with Crippen molar-refractivity contribution >= 4 is 5.82 Å². The maximum atomic E-state index is 5.14. The summed E-state index contributed by atoms with van der Waals surface area (Å²) in [5, 5.41) is 0. The van der Waals surface area contributed by atoms with Crippen LogP contribution in [0.4, 0.5) is 5.82 Å². The molecular formula is C9H13N3O. The molecule has 0 N–H and O–H groups in total. The Hall–Kier alpha value is -1.32. The minimum atomic E-state index is 0.629. The van der Waals surface area contributed by atoms with Crippen LogP contribution in [0, 0.1) is 0 Å². The van der Waals surface area contributed by atoms with Gasteiger partial charge in [-0.2, -0.15) is 0 Å². The summed E-state index contributed by atoms with van der Waals surface area (Å²) < 4.78 is 5.14. The van der Waals surface area contributed by atoms with Gasteiger partial charge < -0.3 is 9.64 Å². The number of hydrogen-bond donors (Lipinski definition) is 0. The first kappa shape index (κ1) is 8.29. The molecule has 1 saturated heterocycles. The normalized spacial score (nSPS) is 16.2. The Balaban J connectivity index is 2.26. The number of methoxy groups -OCH3 is 1. The van der Waals surface area contributed by atoms with Gasteiger partial charge in [0.05, 0.1) is 7.11 Å². The van der Waals surface area contributed by atoms with E-state index in [-0.39, 0.29) is 0 Å². The average Bonchev–Trinajstić information content (AvgIpc) is 2.70. The second-order valence-electron chi connectivity index (χ2n) is 3.08. The number of nitrogens with zero attached hydrogens (tertiary/aromatic N) is 3. The maximum absolute atomic E-state index is 5.14. The highest BCUT2D eigenvalue weighted by molar-refractivity contribution is 5.48. The zero-order valence-electron chi connectivity index (χ0n) is 7.73. The molecule has 13 heavy (non-hydrogen) atoms. The number of ether oxygens (including phenoxy) is 1. The first-order valence-electron chi connectivity index (χ1n) is 4.52. The third-order valence-corrected chi connectivity index (χ3v) is 2.25. The van der Waals surface area contributed by atoms with Gasteiger partial charge in [0, 0.05) is 25.5 Å². The van der Waals surface area contributed by atoms with Crippen LogP contribution >= 0.6 is 0 Å². The van der Waals surface area contributed by atoms with Gasteiger partial charge in [0.15, 0.2) is 5.82 Å². The topological polar surface area (TPSA) is 38.3 Å². The minimum absolute atomic E-state index is 0.629. The molecule has 0 saturated carbocycles. The van der Waals surface area contributed by atoms with Crippen molar-refractivity contribution in [2.24, 2.45) is 0 Å². The highest BCUT2D eigenvalue weighted by Gasteiger charge is 2.17. The summed E-state index contributed by atoms with van der Waals surface area (Å²) in [7, 11) is 1.63. The first-order chi connectivity index (χ1) is 6.42. The van der Waals surface area contributed by atoms with Crippen molar-refractivity contribution in [3.05, 3.63) is 12.4 Å². The lowest BCUT2D eigenvalue weighted by atomic mass is 10.4. The van der Waals surface area contributed by atoms with Gasteiger partial charge in [-0.15, -0.1) is 0 Å². The van der Waals surface area contributed by atoms with Gasteiger partial charge in [-0.3, -0.25) is 0 Å². The molecule has 0 radical (unpaired) electrons. The summed E-state index contributed by atoms with van der Waals surface area (Å²) in [6, 6.07) is 0. The smallest absolute Gasteiger partial charge is 0.257 e. The Kier molecular flexibility index (Phi) is 2.29. The van der Waals surface area contributed by atoms with Crippen LogP contribution in [0.1, 0.15) is 12.8 Å². The molecule has 0 spiro atoms. The van der Waals surface area contributed by atoms with Crippen molar-refractivity contribution in [1.29, 1.82) is 0 Å². The first-order valence-corrected chi connectivity index (χ1v) is 4.52. The SMILES string of the molecule is COc1nccnc1N1CCCC1. The number of rotatable bonds is 2. The van der Waals surface area contributed by atoms with Gasteiger partial charge in [0.25, 0.3) is 5.88 Å². The Morgan fingerprint density at radius 1 is 1.23 bits per heavy atom. The monoisotopic (exact) mass is 179 g/mol. The van der Waals surface area contributed by atoms with E-state index in [1.807, 2.05) is 0 Å². The highest BCUT2D eigenvalue weighted by atomic mass is 16.5. The zero-order valence-corrected chi connectivity index (χ0v) is 7.73. The highest BCUT2D eigenvalue weighted by Crippen LogP contribution is 2.25. The number of hydrogen-bond acceptors (Lipinski definition) is 4. The van der Waals surface area contributed by atoms with Gasteiger partial charge in [-0.05, 0) is 12.8 Å². The molecule has 1 aliphatic heterocycles. The predicted molar refractivity (Wildman–Crippen MR) is 50.0 cm³/mol. The predicted octanol–water partition coefficient (Wildman–Crippen LogP) is 1.09. The maximum Gasteiger partial charge on any atom is 0.257 e. The van der Waals surface area contributed by atoms with Crippen molar-refractivity contribution in [3.8, 4) is 5.88 Å². The lowest BCUT2D eigenvalue weighted by Crippen LogP contribution is -2.20. The van der Waals surface area contributed by atoms with Gasteiger partial charge in [-0.1, -0.05) is 0 Å². The molecule has 1 fully saturated rings. The Bertz CT molecular complexity index is 284. The second kappa shape index (κ2) is 3.60. The van der Waals surface area contributed by atoms with Crippen LogP contribution in [-0.4, -0.2) is 30.2 Å². The van der Waals surface area contributed by atoms with E-state index in [0.29, 0.717) is 5.88 Å². The largest absolute Gasteiger partial charge is 0.478 e. The summed E-state index contributed by atoms with van der Waals surface area (Å²) in [5.41, 5.74) is 0. The van der Waals surface area contributed by atoms with Crippen LogP contribution in [0.15, 0.2) is 12.4 Å². The lowest BCUT2D eigenvalue weighted by molar-refractivity contribution is 0.396. The molecular weight excluding hydrogens is 166 g/mol. The van der Waals surface area contributed by atoms with Crippen LogP contribution in [0.5, 0.6) is 5.88 Å². The van der Waals surface area contributed by atoms with Crippen molar-refractivity contribution in [1.82, 2.24) is 9.97 Å². The third kappa shape index (κ3) is 1.56. The molecule has 0 atom stereocenters. The van der Waals surface area contributed by atoms with Crippen LogP contribution in [0.3, 0.4) is 0 Å². The van der Waals surface area contributed by atoms with Crippen LogP contribution in [0.2, 0.25) is 0 Å². The second-order valence-corrected chi connectivity index (χ2v) is 3.08. The molecule has 0 bridgehead atoms. The van der Waals surface area contributed by atoms with Crippen molar-refractivity contribution in [2.75, 3.05) is 25.1 Å². The molecule has 0 aromatic carbocycles. The van der Waals surface area contributed by atoms with E-state index in [1.165, 1.54) is 12.8 Å². The molecule has 2 rings (SSSR count). The van der Waals surface area contributed by atoms with Crippen LogP contribution < -0.4 is 9.64 Å². The lowest BCUT2D eigenvalue weighted by Gasteiger charge is -2.17. The fraction of sp³-hybridized carbons (Fsp3) is 0.556. The molecule has 1 aromatic rings. The van der Waals surface area contributed by atoms with E-state index in [1.54, 1.807) is 19.5 Å². The zero-order chi connectivity index (χ0) is 9.10. The molecule has 2 heterocycles. The fourth-order valence-corrected chi connectivity index (χ4v) is 1.61. The third-order valence-electron chi connectivity index (χ3n) is 2.25. The fourth-order valence-electron chi connectivity index (χ4n) is 1.61. The van der Waals surface area contributed by atoms with E-state index in [2.05, 4.69) is 14.9 Å². The molecule has 0 amide bonds. The van der Waals surface area contributed by atoms with Crippen LogP contribution in [-0.2, 0) is 0 Å². The molecule has 1 aromatic heterocycles. The van der Waals surface area contributed by atoms with Gasteiger partial charge in [-0.25, -0.2) is 9.97 Å². The Morgan fingerprint density at radius 3 is 2.62 bits per heavy atom.